The maximum atomic E-state index is 12.3. The Morgan fingerprint density at radius 2 is 1.47 bits per heavy atom. The van der Waals surface area contributed by atoms with Crippen molar-refractivity contribution in [3.8, 4) is 0 Å². The highest BCUT2D eigenvalue weighted by Gasteiger charge is 2.39. The molecule has 0 amide bonds. The quantitative estimate of drug-likeness (QED) is 0.583. The molecule has 0 aromatic heterocycles. The molecular formula is C12H26N4O2S. The average molecular weight is 290 g/mol. The van der Waals surface area contributed by atoms with E-state index in [-0.39, 0.29) is 5.84 Å². The van der Waals surface area contributed by atoms with Crippen LogP contribution in [0.15, 0.2) is 0 Å². The molecule has 0 radical (unpaired) electrons. The Morgan fingerprint density at radius 1 is 1.05 bits per heavy atom. The van der Waals surface area contributed by atoms with Gasteiger partial charge in [-0.3, -0.25) is 10.3 Å². The fourth-order valence-corrected chi connectivity index (χ4v) is 3.46. The second-order valence-electron chi connectivity index (χ2n) is 6.48. The Morgan fingerprint density at radius 3 is 1.79 bits per heavy atom. The number of hydrogen-bond donors (Lipinski definition) is 2. The monoisotopic (exact) mass is 290 g/mol. The van der Waals surface area contributed by atoms with Gasteiger partial charge in [-0.25, -0.2) is 8.42 Å². The van der Waals surface area contributed by atoms with Crippen LogP contribution in [0.4, 0.5) is 0 Å². The zero-order valence-corrected chi connectivity index (χ0v) is 13.3. The van der Waals surface area contributed by atoms with E-state index in [1.165, 1.54) is 0 Å². The molecule has 1 saturated heterocycles. The zero-order chi connectivity index (χ0) is 15.1. The minimum atomic E-state index is -3.27. The van der Waals surface area contributed by atoms with Crippen molar-refractivity contribution in [2.24, 2.45) is 5.73 Å². The van der Waals surface area contributed by atoms with Crippen LogP contribution < -0.4 is 5.73 Å². The first kappa shape index (κ1) is 16.4. The summed E-state index contributed by atoms with van der Waals surface area (Å²) >= 11 is 0. The van der Waals surface area contributed by atoms with E-state index >= 15 is 0 Å². The van der Waals surface area contributed by atoms with Crippen LogP contribution in [-0.2, 0) is 10.0 Å². The van der Waals surface area contributed by atoms with Crippen LogP contribution in [0, 0.1) is 5.41 Å². The van der Waals surface area contributed by atoms with Gasteiger partial charge in [-0.15, -0.1) is 0 Å². The van der Waals surface area contributed by atoms with Gasteiger partial charge in [0, 0.05) is 26.2 Å². The van der Waals surface area contributed by atoms with Gasteiger partial charge in [0.05, 0.1) is 10.3 Å². The van der Waals surface area contributed by atoms with Crippen LogP contribution in [0.1, 0.15) is 34.6 Å². The number of nitrogens with two attached hydrogens (primary N) is 1. The molecule has 0 atom stereocenters. The third kappa shape index (κ3) is 3.09. The van der Waals surface area contributed by atoms with E-state index in [9.17, 15) is 8.42 Å². The number of sulfonamides is 1. The second-order valence-corrected chi connectivity index (χ2v) is 9.17. The van der Waals surface area contributed by atoms with Crippen LogP contribution in [0.5, 0.6) is 0 Å². The van der Waals surface area contributed by atoms with Crippen molar-refractivity contribution in [2.75, 3.05) is 26.2 Å². The Balaban J connectivity index is 2.77. The summed E-state index contributed by atoms with van der Waals surface area (Å²) in [5.74, 6) is 0.111. The molecule has 1 heterocycles. The van der Waals surface area contributed by atoms with Crippen LogP contribution in [0.25, 0.3) is 0 Å². The van der Waals surface area contributed by atoms with E-state index in [1.54, 1.807) is 25.1 Å². The molecule has 0 aromatic rings. The number of rotatable bonds is 3. The number of hydrogen-bond acceptors (Lipinski definition) is 4. The predicted octanol–water partition coefficient (Wildman–Crippen LogP) is 0.447. The standard InChI is InChI=1S/C12H26N4O2S/c1-11(2,3)19(17,18)16-8-6-15(7-9-16)12(4,5)10(13)14/h6-9H2,1-5H3,(H3,13,14). The highest BCUT2D eigenvalue weighted by Crippen LogP contribution is 2.24. The lowest BCUT2D eigenvalue weighted by Crippen LogP contribution is -2.61. The minimum Gasteiger partial charge on any atom is -0.386 e. The van der Waals surface area contributed by atoms with E-state index in [0.717, 1.165) is 0 Å². The Bertz CT molecular complexity index is 443. The fraction of sp³-hybridized carbons (Fsp3) is 0.917. The molecule has 0 saturated carbocycles. The van der Waals surface area contributed by atoms with E-state index in [1.807, 2.05) is 13.8 Å². The zero-order valence-electron chi connectivity index (χ0n) is 12.5. The summed E-state index contributed by atoms with van der Waals surface area (Å²) in [4.78, 5) is 2.06. The minimum absolute atomic E-state index is 0.111. The van der Waals surface area contributed by atoms with Crippen molar-refractivity contribution < 1.29 is 8.42 Å². The van der Waals surface area contributed by atoms with Gasteiger partial charge >= 0.3 is 0 Å². The van der Waals surface area contributed by atoms with Gasteiger partial charge in [-0.1, -0.05) is 0 Å². The maximum absolute atomic E-state index is 12.3. The van der Waals surface area contributed by atoms with Gasteiger partial charge < -0.3 is 5.73 Å². The summed E-state index contributed by atoms with van der Waals surface area (Å²) in [6.07, 6.45) is 0. The third-order valence-electron chi connectivity index (χ3n) is 3.80. The summed E-state index contributed by atoms with van der Waals surface area (Å²) in [5, 5.41) is 7.61. The van der Waals surface area contributed by atoms with E-state index < -0.39 is 20.3 Å². The van der Waals surface area contributed by atoms with E-state index in [2.05, 4.69) is 4.90 Å². The number of amidine groups is 1. The predicted molar refractivity (Wildman–Crippen MR) is 77.8 cm³/mol. The largest absolute Gasteiger partial charge is 0.386 e. The van der Waals surface area contributed by atoms with Crippen molar-refractivity contribution in [1.29, 1.82) is 5.41 Å². The molecule has 0 aliphatic carbocycles. The lowest BCUT2D eigenvalue weighted by atomic mass is 10.0. The first-order valence-corrected chi connectivity index (χ1v) is 7.94. The first-order chi connectivity index (χ1) is 8.40. The van der Waals surface area contributed by atoms with E-state index in [4.69, 9.17) is 11.1 Å². The SMILES string of the molecule is CC(C)(C(=N)N)N1CCN(S(=O)(=O)C(C)(C)C)CC1. The van der Waals surface area contributed by atoms with Crippen molar-refractivity contribution in [2.45, 2.75) is 44.9 Å². The molecule has 0 unspecified atom stereocenters. The van der Waals surface area contributed by atoms with Crippen LogP contribution in [0.2, 0.25) is 0 Å². The smallest absolute Gasteiger partial charge is 0.219 e. The second kappa shape index (κ2) is 5.03. The highest BCUT2D eigenvalue weighted by molar-refractivity contribution is 7.90. The van der Waals surface area contributed by atoms with Gasteiger partial charge in [0.15, 0.2) is 0 Å². The molecule has 7 heteroatoms. The summed E-state index contributed by atoms with van der Waals surface area (Å²) in [5.41, 5.74) is 5.08. The van der Waals surface area contributed by atoms with Crippen molar-refractivity contribution in [1.82, 2.24) is 9.21 Å². The van der Waals surface area contributed by atoms with Crippen LogP contribution >= 0.6 is 0 Å². The lowest BCUT2D eigenvalue weighted by Gasteiger charge is -2.44. The normalized spacial score (nSPS) is 20.5. The molecule has 1 aliphatic heterocycles. The molecular weight excluding hydrogens is 264 g/mol. The number of nitrogens with one attached hydrogen (secondary N) is 1. The molecule has 19 heavy (non-hydrogen) atoms. The molecule has 0 spiro atoms. The summed E-state index contributed by atoms with van der Waals surface area (Å²) < 4.78 is 25.4. The molecule has 1 fully saturated rings. The van der Waals surface area contributed by atoms with Gasteiger partial charge in [-0.05, 0) is 34.6 Å². The molecule has 6 nitrogen and oxygen atoms in total. The summed E-state index contributed by atoms with van der Waals surface area (Å²) in [6, 6.07) is 0. The molecule has 1 aliphatic rings. The topological polar surface area (TPSA) is 90.5 Å². The Hall–Kier alpha value is -0.660. The van der Waals surface area contributed by atoms with Crippen LogP contribution in [-0.4, -0.2) is 59.9 Å². The number of nitrogens with zero attached hydrogens (tertiary/aromatic N) is 2. The van der Waals surface area contributed by atoms with Gasteiger partial charge in [0.1, 0.15) is 5.84 Å². The third-order valence-corrected chi connectivity index (χ3v) is 6.39. The molecule has 112 valence electrons. The Kier molecular flexibility index (Phi) is 4.34. The molecule has 1 rings (SSSR count). The van der Waals surface area contributed by atoms with Crippen molar-refractivity contribution in [3.63, 3.8) is 0 Å². The van der Waals surface area contributed by atoms with E-state index in [0.29, 0.717) is 26.2 Å². The Labute approximate surface area is 116 Å². The highest BCUT2D eigenvalue weighted by atomic mass is 32.2. The van der Waals surface area contributed by atoms with Gasteiger partial charge in [-0.2, -0.15) is 4.31 Å². The van der Waals surface area contributed by atoms with Gasteiger partial charge in [0.25, 0.3) is 0 Å². The van der Waals surface area contributed by atoms with Crippen molar-refractivity contribution >= 4 is 15.9 Å². The molecule has 0 bridgehead atoms. The summed E-state index contributed by atoms with van der Waals surface area (Å²) in [6.45, 7) is 11.0. The number of piperazine rings is 1. The van der Waals surface area contributed by atoms with Crippen LogP contribution in [0.3, 0.4) is 0 Å². The fourth-order valence-electron chi connectivity index (χ4n) is 2.05. The van der Waals surface area contributed by atoms with Gasteiger partial charge in [0.2, 0.25) is 10.0 Å². The first-order valence-electron chi connectivity index (χ1n) is 6.50. The average Bonchev–Trinajstić information content (AvgIpc) is 2.27. The molecule has 3 N–H and O–H groups in total. The summed E-state index contributed by atoms with van der Waals surface area (Å²) in [7, 11) is -3.27. The molecule has 0 aromatic carbocycles. The maximum Gasteiger partial charge on any atom is 0.219 e. The van der Waals surface area contributed by atoms with Crippen molar-refractivity contribution in [3.05, 3.63) is 0 Å². The lowest BCUT2D eigenvalue weighted by molar-refractivity contribution is 0.120.